The minimum Gasteiger partial charge on any atom is -0.349 e. The quantitative estimate of drug-likeness (QED) is 0.298. The zero-order valence-corrected chi connectivity index (χ0v) is 22.9. The van der Waals surface area contributed by atoms with E-state index in [2.05, 4.69) is 0 Å². The van der Waals surface area contributed by atoms with Gasteiger partial charge in [0.05, 0.1) is 34.3 Å². The molecule has 216 valence electrons. The Labute approximate surface area is 231 Å². The Morgan fingerprint density at radius 1 is 0.675 bits per heavy atom. The van der Waals surface area contributed by atoms with Gasteiger partial charge in [-0.3, -0.25) is 29.8 Å². The van der Waals surface area contributed by atoms with E-state index in [1.54, 1.807) is 38.1 Å². The minimum atomic E-state index is -0.435. The Morgan fingerprint density at radius 2 is 1.00 bits per heavy atom. The SMILES string of the molecule is CC(=O)C[C@@H]1C[C@H](c2ccc([N+](=O)[O-])cc2)O[C@H](C)O1.CC(=O)C[C@@H]1C[C@H](c2ccc([N+](=O)[O-])cc2)O[C@H](C)O1. The van der Waals surface area contributed by atoms with Gasteiger partial charge in [0.1, 0.15) is 11.6 Å². The molecule has 12 nitrogen and oxygen atoms in total. The van der Waals surface area contributed by atoms with Crippen molar-refractivity contribution < 1.29 is 38.4 Å². The summed E-state index contributed by atoms with van der Waals surface area (Å²) in [5.41, 5.74) is 1.82. The van der Waals surface area contributed by atoms with E-state index >= 15 is 0 Å². The molecule has 2 aromatic rings. The number of carbonyl (C=O) groups is 2. The smallest absolute Gasteiger partial charge is 0.269 e. The number of nitro benzene ring substituents is 2. The lowest BCUT2D eigenvalue weighted by atomic mass is 9.99. The molecule has 2 aromatic carbocycles. The van der Waals surface area contributed by atoms with Gasteiger partial charge in [-0.05, 0) is 63.1 Å². The molecule has 0 unspecified atom stereocenters. The number of ether oxygens (including phenoxy) is 4. The Balaban J connectivity index is 0.000000220. The summed E-state index contributed by atoms with van der Waals surface area (Å²) in [5, 5.41) is 21.3. The number of hydrogen-bond acceptors (Lipinski definition) is 10. The van der Waals surface area contributed by atoms with Gasteiger partial charge >= 0.3 is 0 Å². The summed E-state index contributed by atoms with van der Waals surface area (Å²) < 4.78 is 22.5. The largest absolute Gasteiger partial charge is 0.349 e. The van der Waals surface area contributed by atoms with Gasteiger partial charge in [0.2, 0.25) is 0 Å². The van der Waals surface area contributed by atoms with Crippen LogP contribution in [0.4, 0.5) is 11.4 Å². The number of nitrogens with zero attached hydrogens (tertiary/aromatic N) is 2. The van der Waals surface area contributed by atoms with E-state index in [4.69, 9.17) is 18.9 Å². The van der Waals surface area contributed by atoms with Crippen molar-refractivity contribution in [1.82, 2.24) is 0 Å². The van der Waals surface area contributed by atoms with Crippen molar-refractivity contribution in [2.75, 3.05) is 0 Å². The van der Waals surface area contributed by atoms with Crippen molar-refractivity contribution in [1.29, 1.82) is 0 Å². The van der Waals surface area contributed by atoms with Gasteiger partial charge in [0, 0.05) is 49.9 Å². The van der Waals surface area contributed by atoms with E-state index in [0.717, 1.165) is 11.1 Å². The van der Waals surface area contributed by atoms with Crippen molar-refractivity contribution in [3.63, 3.8) is 0 Å². The highest BCUT2D eigenvalue weighted by Gasteiger charge is 2.31. The third-order valence-corrected chi connectivity index (χ3v) is 6.42. The zero-order valence-electron chi connectivity index (χ0n) is 22.9. The number of hydrogen-bond donors (Lipinski definition) is 0. The molecule has 12 heteroatoms. The topological polar surface area (TPSA) is 157 Å². The van der Waals surface area contributed by atoms with E-state index < -0.39 is 22.4 Å². The molecule has 0 bridgehead atoms. The van der Waals surface area contributed by atoms with Crippen molar-refractivity contribution >= 4 is 22.9 Å². The van der Waals surface area contributed by atoms with Crippen LogP contribution < -0.4 is 0 Å². The van der Waals surface area contributed by atoms with Crippen LogP contribution in [0.5, 0.6) is 0 Å². The molecule has 0 radical (unpaired) electrons. The van der Waals surface area contributed by atoms with E-state index in [1.165, 1.54) is 38.1 Å². The van der Waals surface area contributed by atoms with Crippen LogP contribution in [0.2, 0.25) is 0 Å². The van der Waals surface area contributed by atoms with E-state index in [9.17, 15) is 29.8 Å². The van der Waals surface area contributed by atoms with Gasteiger partial charge in [0.15, 0.2) is 12.6 Å². The highest BCUT2D eigenvalue weighted by molar-refractivity contribution is 5.76. The standard InChI is InChI=1S/2C14H17NO5/c2*1-9(16)7-13-8-14(20-10(2)19-13)11-3-5-12(6-4-11)15(17)18/h2*3-6,10,13-14H,7-8H2,1-2H3/t2*10-,13-,14-/m11/s1. The summed E-state index contributed by atoms with van der Waals surface area (Å²) in [5.74, 6) is 0.151. The first kappa shape index (κ1) is 31.0. The average molecular weight is 559 g/mol. The van der Waals surface area contributed by atoms with Gasteiger partial charge in [-0.25, -0.2) is 0 Å². The molecule has 0 amide bonds. The van der Waals surface area contributed by atoms with Gasteiger partial charge in [0.25, 0.3) is 11.4 Å². The second-order valence-corrected chi connectivity index (χ2v) is 9.88. The molecule has 2 fully saturated rings. The zero-order chi connectivity index (χ0) is 29.4. The van der Waals surface area contributed by atoms with Crippen LogP contribution in [0.3, 0.4) is 0 Å². The number of nitro groups is 2. The summed E-state index contributed by atoms with van der Waals surface area (Å²) in [4.78, 5) is 42.8. The predicted molar refractivity (Wildman–Crippen MR) is 142 cm³/mol. The molecule has 4 rings (SSSR count). The highest BCUT2D eigenvalue weighted by atomic mass is 16.7. The first-order valence-corrected chi connectivity index (χ1v) is 13.0. The lowest BCUT2D eigenvalue weighted by Gasteiger charge is -2.34. The highest BCUT2D eigenvalue weighted by Crippen LogP contribution is 2.34. The molecule has 2 saturated heterocycles. The van der Waals surface area contributed by atoms with Crippen LogP contribution in [0, 0.1) is 20.2 Å². The third-order valence-electron chi connectivity index (χ3n) is 6.42. The molecule has 40 heavy (non-hydrogen) atoms. The monoisotopic (exact) mass is 558 g/mol. The molecular weight excluding hydrogens is 524 g/mol. The molecule has 2 aliphatic heterocycles. The molecular formula is C28H34N2O10. The van der Waals surface area contributed by atoms with Gasteiger partial charge in [-0.1, -0.05) is 0 Å². The summed E-state index contributed by atoms with van der Waals surface area (Å²) in [7, 11) is 0. The van der Waals surface area contributed by atoms with Gasteiger partial charge in [-0.2, -0.15) is 0 Å². The molecule has 0 saturated carbocycles. The summed E-state index contributed by atoms with van der Waals surface area (Å²) in [6.45, 7) is 6.63. The second-order valence-electron chi connectivity index (χ2n) is 9.88. The van der Waals surface area contributed by atoms with Crippen LogP contribution in [-0.4, -0.2) is 46.2 Å². The lowest BCUT2D eigenvalue weighted by Crippen LogP contribution is -2.33. The maximum absolute atomic E-state index is 11.2. The fourth-order valence-corrected chi connectivity index (χ4v) is 4.72. The maximum atomic E-state index is 11.2. The van der Waals surface area contributed by atoms with E-state index in [-0.39, 0.29) is 47.4 Å². The van der Waals surface area contributed by atoms with Crippen LogP contribution >= 0.6 is 0 Å². The second kappa shape index (κ2) is 14.2. The summed E-state index contributed by atoms with van der Waals surface area (Å²) in [6.07, 6.45) is 0.319. The number of rotatable bonds is 8. The summed E-state index contributed by atoms with van der Waals surface area (Å²) >= 11 is 0. The first-order valence-electron chi connectivity index (χ1n) is 13.0. The molecule has 0 N–H and O–H groups in total. The minimum absolute atomic E-state index is 0.0501. The Morgan fingerprint density at radius 3 is 1.27 bits per heavy atom. The average Bonchev–Trinajstić information content (AvgIpc) is 2.87. The van der Waals surface area contributed by atoms with E-state index in [1.807, 2.05) is 0 Å². The molecule has 0 spiro atoms. The van der Waals surface area contributed by atoms with Gasteiger partial charge < -0.3 is 18.9 Å². The van der Waals surface area contributed by atoms with Crippen molar-refractivity contribution in [2.45, 2.75) is 90.4 Å². The lowest BCUT2D eigenvalue weighted by molar-refractivity contribution is -0.385. The number of ketones is 2. The Bertz CT molecular complexity index is 1090. The number of carbonyl (C=O) groups excluding carboxylic acids is 2. The number of benzene rings is 2. The Hall–Kier alpha value is -3.58. The van der Waals surface area contributed by atoms with Crippen molar-refractivity contribution in [3.05, 3.63) is 79.9 Å². The third kappa shape index (κ3) is 9.26. The predicted octanol–water partition coefficient (Wildman–Crippen LogP) is 5.53. The first-order chi connectivity index (χ1) is 18.9. The maximum Gasteiger partial charge on any atom is 0.269 e. The van der Waals surface area contributed by atoms with Crippen LogP contribution in [0.15, 0.2) is 48.5 Å². The molecule has 6 atom stereocenters. The fraction of sp³-hybridized carbons (Fsp3) is 0.500. The molecule has 2 aliphatic rings. The van der Waals surface area contributed by atoms with Crippen LogP contribution in [0.1, 0.15) is 76.7 Å². The number of non-ortho nitro benzene ring substituents is 2. The molecule has 0 aromatic heterocycles. The fourth-order valence-electron chi connectivity index (χ4n) is 4.72. The van der Waals surface area contributed by atoms with Crippen LogP contribution in [-0.2, 0) is 28.5 Å². The number of Topliss-reactive ketones (excluding diaryl/α,β-unsaturated/α-hetero) is 2. The van der Waals surface area contributed by atoms with E-state index in [0.29, 0.717) is 25.7 Å². The van der Waals surface area contributed by atoms with Crippen LogP contribution in [0.25, 0.3) is 0 Å². The van der Waals surface area contributed by atoms with Gasteiger partial charge in [-0.15, -0.1) is 0 Å². The molecule has 0 aliphatic carbocycles. The Kier molecular flexibility index (Phi) is 11.0. The van der Waals surface area contributed by atoms with Crippen molar-refractivity contribution in [2.24, 2.45) is 0 Å². The van der Waals surface area contributed by atoms with Crippen molar-refractivity contribution in [3.8, 4) is 0 Å². The molecule has 2 heterocycles. The normalized spacial score (nSPS) is 26.2. The summed E-state index contributed by atoms with van der Waals surface area (Å²) in [6, 6.07) is 12.6.